The van der Waals surface area contributed by atoms with Gasteiger partial charge in [0.1, 0.15) is 0 Å². The second kappa shape index (κ2) is 11.5. The van der Waals surface area contributed by atoms with Gasteiger partial charge in [0.2, 0.25) is 0 Å². The van der Waals surface area contributed by atoms with Crippen molar-refractivity contribution in [2.24, 2.45) is 0 Å². The van der Waals surface area contributed by atoms with E-state index >= 15 is 0 Å². The van der Waals surface area contributed by atoms with E-state index in [1.54, 1.807) is 33.8 Å². The van der Waals surface area contributed by atoms with Crippen LogP contribution in [0.25, 0.3) is 0 Å². The summed E-state index contributed by atoms with van der Waals surface area (Å²) < 4.78 is 52.9. The molecule has 0 fully saturated rings. The molecule has 0 unspecified atom stereocenters. The van der Waals surface area contributed by atoms with Gasteiger partial charge in [0, 0.05) is 0 Å². The Bertz CT molecular complexity index is 396. The van der Waals surface area contributed by atoms with Crippen LogP contribution in [0.15, 0.2) is 11.6 Å². The van der Waals surface area contributed by atoms with Crippen LogP contribution < -0.4 is 0 Å². The van der Waals surface area contributed by atoms with Crippen LogP contribution in [0, 0.1) is 0 Å². The molecule has 138 valence electrons. The molecule has 0 aromatic carbocycles. The number of rotatable bonds is 13. The lowest BCUT2D eigenvalue weighted by molar-refractivity contribution is 0.0957. The number of hydrogen-bond acceptors (Lipinski definition) is 7. The van der Waals surface area contributed by atoms with Gasteiger partial charge in [-0.1, -0.05) is 11.6 Å². The van der Waals surface area contributed by atoms with E-state index in [0.29, 0.717) is 0 Å². The zero-order valence-electron chi connectivity index (χ0n) is 14.9. The highest BCUT2D eigenvalue weighted by atomic mass is 31.2. The average molecular weight is 372 g/mol. The van der Waals surface area contributed by atoms with Gasteiger partial charge in [0.25, 0.3) is 5.59 Å². The fourth-order valence-corrected chi connectivity index (χ4v) is 6.53. The van der Waals surface area contributed by atoms with E-state index in [1.165, 1.54) is 0 Å². The second-order valence-corrected chi connectivity index (χ2v) is 9.23. The largest absolute Gasteiger partial charge is 0.371 e. The van der Waals surface area contributed by atoms with Crippen LogP contribution in [-0.4, -0.2) is 38.6 Å². The number of allylic oxidation sites excluding steroid dienone is 1. The molecule has 0 spiro atoms. The van der Waals surface area contributed by atoms with E-state index in [1.807, 2.05) is 13.8 Å². The van der Waals surface area contributed by atoms with Gasteiger partial charge in [0.15, 0.2) is 0 Å². The van der Waals surface area contributed by atoms with Gasteiger partial charge in [-0.3, -0.25) is 9.13 Å². The summed E-state index contributed by atoms with van der Waals surface area (Å²) in [5.41, 5.74) is -0.417. The Morgan fingerprint density at radius 2 is 1.17 bits per heavy atom. The van der Waals surface area contributed by atoms with Crippen molar-refractivity contribution in [1.29, 1.82) is 0 Å². The SMILES string of the molecule is CCOP(=O)(OCC)C(OCC=C(C)C)P(=O)(OCC)OCC. The fraction of sp³-hybridized carbons (Fsp3) is 0.857. The summed E-state index contributed by atoms with van der Waals surface area (Å²) in [4.78, 5) is 0. The summed E-state index contributed by atoms with van der Waals surface area (Å²) in [7, 11) is -7.67. The van der Waals surface area contributed by atoms with Crippen molar-refractivity contribution in [2.75, 3.05) is 33.0 Å². The number of hydrogen-bond donors (Lipinski definition) is 0. The summed E-state index contributed by atoms with van der Waals surface area (Å²) in [6.07, 6.45) is 1.78. The van der Waals surface area contributed by atoms with Gasteiger partial charge in [0.05, 0.1) is 33.0 Å². The molecule has 0 aliphatic heterocycles. The molecule has 0 aromatic rings. The van der Waals surface area contributed by atoms with Crippen LogP contribution >= 0.6 is 15.2 Å². The van der Waals surface area contributed by atoms with E-state index in [9.17, 15) is 9.13 Å². The lowest BCUT2D eigenvalue weighted by Crippen LogP contribution is -2.21. The van der Waals surface area contributed by atoms with E-state index in [4.69, 9.17) is 22.8 Å². The first kappa shape index (κ1) is 23.0. The molecule has 0 radical (unpaired) electrons. The van der Waals surface area contributed by atoms with E-state index in [-0.39, 0.29) is 33.0 Å². The minimum Gasteiger partial charge on any atom is -0.351 e. The summed E-state index contributed by atoms with van der Waals surface area (Å²) in [5.74, 6) is 0. The fourth-order valence-electron chi connectivity index (χ4n) is 1.71. The lowest BCUT2D eigenvalue weighted by Gasteiger charge is -2.30. The molecule has 0 saturated carbocycles. The predicted octanol–water partition coefficient (Wildman–Crippen LogP) is 4.79. The van der Waals surface area contributed by atoms with Crippen LogP contribution in [0.2, 0.25) is 0 Å². The first-order valence-corrected chi connectivity index (χ1v) is 11.0. The minimum atomic E-state index is -3.83. The molecule has 0 atom stereocenters. The first-order valence-electron chi connectivity index (χ1n) is 7.82. The zero-order chi connectivity index (χ0) is 17.9. The standard InChI is InChI=1S/C14H30O7P2/c1-7-18-22(15,19-8-2)14(17-12-11-13(5)6)23(16,20-9-3)21-10-4/h11,14H,7-10,12H2,1-6H3. The molecule has 0 saturated heterocycles. The Kier molecular flexibility index (Phi) is 11.5. The Morgan fingerprint density at radius 1 is 0.826 bits per heavy atom. The van der Waals surface area contributed by atoms with Gasteiger partial charge in [-0.15, -0.1) is 0 Å². The van der Waals surface area contributed by atoms with E-state index < -0.39 is 20.8 Å². The smallest absolute Gasteiger partial charge is 0.351 e. The van der Waals surface area contributed by atoms with E-state index in [2.05, 4.69) is 0 Å². The molecule has 0 rings (SSSR count). The third kappa shape index (κ3) is 7.61. The second-order valence-electron chi connectivity index (χ2n) is 4.69. The Balaban J connectivity index is 5.69. The minimum absolute atomic E-state index is 0.0985. The summed E-state index contributed by atoms with van der Waals surface area (Å²) >= 11 is 0. The molecule has 0 bridgehead atoms. The molecule has 7 nitrogen and oxygen atoms in total. The molecule has 0 amide bonds. The van der Waals surface area contributed by atoms with Crippen molar-refractivity contribution in [3.05, 3.63) is 11.6 Å². The van der Waals surface area contributed by atoms with Crippen molar-refractivity contribution in [2.45, 2.75) is 47.1 Å². The molecule has 9 heteroatoms. The van der Waals surface area contributed by atoms with Crippen molar-refractivity contribution in [1.82, 2.24) is 0 Å². The summed E-state index contributed by atoms with van der Waals surface area (Å²) in [5, 5.41) is 0. The highest BCUT2D eigenvalue weighted by Gasteiger charge is 2.52. The first-order chi connectivity index (χ1) is 10.8. The molecule has 0 aliphatic rings. The Hall–Kier alpha value is -0.0000000000000000416. The van der Waals surface area contributed by atoms with E-state index in [0.717, 1.165) is 5.57 Å². The Morgan fingerprint density at radius 3 is 1.43 bits per heavy atom. The zero-order valence-corrected chi connectivity index (χ0v) is 16.7. The van der Waals surface area contributed by atoms with Crippen LogP contribution in [-0.2, 0) is 32.0 Å². The van der Waals surface area contributed by atoms with Crippen molar-refractivity contribution in [3.63, 3.8) is 0 Å². The number of ether oxygens (including phenoxy) is 1. The predicted molar refractivity (Wildman–Crippen MR) is 90.9 cm³/mol. The third-order valence-corrected chi connectivity index (χ3v) is 8.06. The van der Waals surface area contributed by atoms with Crippen LogP contribution in [0.5, 0.6) is 0 Å². The highest BCUT2D eigenvalue weighted by molar-refractivity contribution is 7.72. The maximum atomic E-state index is 13.1. The molecular formula is C14H30O7P2. The topological polar surface area (TPSA) is 80.3 Å². The van der Waals surface area contributed by atoms with Crippen molar-refractivity contribution >= 4 is 15.2 Å². The van der Waals surface area contributed by atoms with Gasteiger partial charge < -0.3 is 22.8 Å². The normalized spacial score (nSPS) is 12.7. The molecule has 0 heterocycles. The molecule has 0 aliphatic carbocycles. The van der Waals surface area contributed by atoms with Crippen LogP contribution in [0.1, 0.15) is 41.5 Å². The lowest BCUT2D eigenvalue weighted by atomic mass is 10.3. The molecule has 0 aromatic heterocycles. The highest BCUT2D eigenvalue weighted by Crippen LogP contribution is 2.70. The van der Waals surface area contributed by atoms with Gasteiger partial charge in [-0.05, 0) is 41.5 Å². The quantitative estimate of drug-likeness (QED) is 0.340. The van der Waals surface area contributed by atoms with Crippen molar-refractivity contribution < 1.29 is 32.0 Å². The van der Waals surface area contributed by atoms with Crippen molar-refractivity contribution in [3.8, 4) is 0 Å². The van der Waals surface area contributed by atoms with Gasteiger partial charge in [-0.25, -0.2) is 0 Å². The molecule has 0 N–H and O–H groups in total. The summed E-state index contributed by atoms with van der Waals surface area (Å²) in [6.45, 7) is 11.1. The third-order valence-electron chi connectivity index (χ3n) is 2.51. The average Bonchev–Trinajstić information content (AvgIpc) is 2.44. The summed E-state index contributed by atoms with van der Waals surface area (Å²) in [6, 6.07) is 0. The van der Waals surface area contributed by atoms with Crippen LogP contribution in [0.3, 0.4) is 0 Å². The monoisotopic (exact) mass is 372 g/mol. The molecule has 23 heavy (non-hydrogen) atoms. The van der Waals surface area contributed by atoms with Gasteiger partial charge in [-0.2, -0.15) is 0 Å². The maximum Gasteiger partial charge on any atom is 0.371 e. The Labute approximate surface area is 139 Å². The van der Waals surface area contributed by atoms with Crippen LogP contribution in [0.4, 0.5) is 0 Å². The molecular weight excluding hydrogens is 342 g/mol. The van der Waals surface area contributed by atoms with Gasteiger partial charge >= 0.3 is 15.2 Å². The maximum absolute atomic E-state index is 13.1.